The molecule has 0 radical (unpaired) electrons. The number of nitrogens with one attached hydrogen (secondary N) is 1. The van der Waals surface area contributed by atoms with Crippen LogP contribution >= 0.6 is 11.8 Å². The highest BCUT2D eigenvalue weighted by molar-refractivity contribution is 8.14. The SMILES string of the molecule is CC(=O)N[C@H]1[C@H]2OC3(CCCCC3)O[C@H]2C[C@@H]1SC(C)=O. The summed E-state index contributed by atoms with van der Waals surface area (Å²) in [6, 6.07) is -0.136. The molecule has 0 bridgehead atoms. The average Bonchev–Trinajstić information content (AvgIpc) is 2.86. The van der Waals surface area contributed by atoms with Crippen molar-refractivity contribution in [1.82, 2.24) is 5.32 Å². The largest absolute Gasteiger partial charge is 0.350 e. The molecule has 21 heavy (non-hydrogen) atoms. The van der Waals surface area contributed by atoms with Crippen LogP contribution in [0.3, 0.4) is 0 Å². The molecular weight excluding hydrogens is 290 g/mol. The molecule has 0 aromatic heterocycles. The number of amides is 1. The van der Waals surface area contributed by atoms with E-state index in [9.17, 15) is 9.59 Å². The van der Waals surface area contributed by atoms with Gasteiger partial charge < -0.3 is 14.8 Å². The lowest BCUT2D eigenvalue weighted by atomic mass is 9.94. The number of fused-ring (bicyclic) bond motifs is 1. The summed E-state index contributed by atoms with van der Waals surface area (Å²) in [4.78, 5) is 22.9. The van der Waals surface area contributed by atoms with E-state index in [0.29, 0.717) is 0 Å². The second-order valence-corrected chi connectivity index (χ2v) is 7.74. The number of rotatable bonds is 2. The van der Waals surface area contributed by atoms with Crippen LogP contribution in [0.25, 0.3) is 0 Å². The Bertz CT molecular complexity index is 435. The molecule has 0 unspecified atom stereocenters. The van der Waals surface area contributed by atoms with E-state index in [2.05, 4.69) is 5.32 Å². The summed E-state index contributed by atoms with van der Waals surface area (Å²) in [6.45, 7) is 3.07. The van der Waals surface area contributed by atoms with Crippen LogP contribution in [-0.4, -0.2) is 40.3 Å². The average molecular weight is 313 g/mol. The summed E-state index contributed by atoms with van der Waals surface area (Å²) in [7, 11) is 0. The Labute approximate surface area is 129 Å². The Morgan fingerprint density at radius 2 is 1.86 bits per heavy atom. The van der Waals surface area contributed by atoms with E-state index >= 15 is 0 Å². The van der Waals surface area contributed by atoms with Gasteiger partial charge in [-0.1, -0.05) is 18.2 Å². The van der Waals surface area contributed by atoms with E-state index < -0.39 is 5.79 Å². The first kappa shape index (κ1) is 15.3. The van der Waals surface area contributed by atoms with Gasteiger partial charge in [0, 0.05) is 31.9 Å². The maximum atomic E-state index is 11.5. The molecule has 1 aliphatic heterocycles. The zero-order chi connectivity index (χ0) is 15.0. The minimum Gasteiger partial charge on any atom is -0.350 e. The molecule has 1 heterocycles. The van der Waals surface area contributed by atoms with E-state index in [4.69, 9.17) is 9.47 Å². The molecule has 1 saturated heterocycles. The number of hydrogen-bond donors (Lipinski definition) is 1. The third-order valence-electron chi connectivity index (χ3n) is 4.61. The predicted molar refractivity (Wildman–Crippen MR) is 79.8 cm³/mol. The molecule has 0 aromatic carbocycles. The lowest BCUT2D eigenvalue weighted by molar-refractivity contribution is -0.199. The smallest absolute Gasteiger partial charge is 0.217 e. The van der Waals surface area contributed by atoms with Crippen molar-refractivity contribution in [2.45, 2.75) is 81.7 Å². The van der Waals surface area contributed by atoms with Gasteiger partial charge in [-0.15, -0.1) is 0 Å². The maximum absolute atomic E-state index is 11.5. The van der Waals surface area contributed by atoms with Crippen molar-refractivity contribution in [2.24, 2.45) is 0 Å². The third kappa shape index (κ3) is 3.12. The summed E-state index contributed by atoms with van der Waals surface area (Å²) >= 11 is 1.29. The standard InChI is InChI=1S/C15H23NO4S/c1-9(17)16-13-12(21-10(2)18)8-11-14(13)20-15(19-11)6-4-3-5-7-15/h11-14H,3-8H2,1-2H3,(H,16,17)/t11-,12-,13+,14-/m0/s1. The molecule has 1 amide bonds. The van der Waals surface area contributed by atoms with Crippen LogP contribution < -0.4 is 5.32 Å². The van der Waals surface area contributed by atoms with E-state index in [1.165, 1.54) is 25.1 Å². The Balaban J connectivity index is 1.73. The quantitative estimate of drug-likeness (QED) is 0.844. The number of ether oxygens (including phenoxy) is 2. The predicted octanol–water partition coefficient (Wildman–Crippen LogP) is 1.99. The van der Waals surface area contributed by atoms with Gasteiger partial charge in [0.2, 0.25) is 5.91 Å². The van der Waals surface area contributed by atoms with Gasteiger partial charge in [0.25, 0.3) is 0 Å². The molecule has 3 fully saturated rings. The lowest BCUT2D eigenvalue weighted by Gasteiger charge is -2.34. The topological polar surface area (TPSA) is 64.6 Å². The summed E-state index contributed by atoms with van der Waals surface area (Å²) < 4.78 is 12.5. The minimum absolute atomic E-state index is 0.00296. The van der Waals surface area contributed by atoms with Gasteiger partial charge in [0.15, 0.2) is 10.9 Å². The maximum Gasteiger partial charge on any atom is 0.217 e. The van der Waals surface area contributed by atoms with Gasteiger partial charge >= 0.3 is 0 Å². The summed E-state index contributed by atoms with van der Waals surface area (Å²) in [6.07, 6.45) is 6.03. The van der Waals surface area contributed by atoms with Gasteiger partial charge in [-0.2, -0.15) is 0 Å². The molecule has 3 rings (SSSR count). The Morgan fingerprint density at radius 3 is 2.48 bits per heavy atom. The van der Waals surface area contributed by atoms with Crippen LogP contribution in [0, 0.1) is 0 Å². The zero-order valence-corrected chi connectivity index (χ0v) is 13.4. The molecule has 5 nitrogen and oxygen atoms in total. The molecule has 4 atom stereocenters. The molecule has 1 N–H and O–H groups in total. The van der Waals surface area contributed by atoms with Crippen LogP contribution in [0.15, 0.2) is 0 Å². The number of carbonyl (C=O) groups excluding carboxylic acids is 2. The molecule has 2 aliphatic carbocycles. The fraction of sp³-hybridized carbons (Fsp3) is 0.867. The molecule has 3 aliphatic rings. The number of carbonyl (C=O) groups is 2. The highest BCUT2D eigenvalue weighted by Crippen LogP contribution is 2.47. The molecular formula is C15H23NO4S. The Hall–Kier alpha value is -0.590. The fourth-order valence-corrected chi connectivity index (χ4v) is 4.92. The van der Waals surface area contributed by atoms with Crippen LogP contribution in [-0.2, 0) is 19.1 Å². The van der Waals surface area contributed by atoms with Crippen LogP contribution in [0.4, 0.5) is 0 Å². The molecule has 6 heteroatoms. The second kappa shape index (κ2) is 5.89. The van der Waals surface area contributed by atoms with Gasteiger partial charge in [0.05, 0.1) is 12.1 Å². The van der Waals surface area contributed by atoms with E-state index in [1.807, 2.05) is 0 Å². The number of thioether (sulfide) groups is 1. The van der Waals surface area contributed by atoms with E-state index in [1.54, 1.807) is 6.92 Å². The van der Waals surface area contributed by atoms with Crippen molar-refractivity contribution >= 4 is 22.8 Å². The first-order chi connectivity index (χ1) is 9.99. The van der Waals surface area contributed by atoms with Gasteiger partial charge in [-0.3, -0.25) is 9.59 Å². The molecule has 2 saturated carbocycles. The van der Waals surface area contributed by atoms with Crippen molar-refractivity contribution in [3.8, 4) is 0 Å². The van der Waals surface area contributed by atoms with Crippen molar-refractivity contribution < 1.29 is 19.1 Å². The summed E-state index contributed by atoms with van der Waals surface area (Å²) in [5.74, 6) is -0.515. The second-order valence-electron chi connectivity index (χ2n) is 6.32. The van der Waals surface area contributed by atoms with Gasteiger partial charge in [-0.05, 0) is 19.3 Å². The van der Waals surface area contributed by atoms with Crippen LogP contribution in [0.5, 0.6) is 0 Å². The van der Waals surface area contributed by atoms with E-state index in [0.717, 1.165) is 32.1 Å². The molecule has 1 spiro atoms. The van der Waals surface area contributed by atoms with Crippen molar-refractivity contribution in [2.75, 3.05) is 0 Å². The summed E-state index contributed by atoms with van der Waals surface area (Å²) in [5, 5.41) is 3.09. The zero-order valence-electron chi connectivity index (χ0n) is 12.6. The first-order valence-electron chi connectivity index (χ1n) is 7.79. The number of hydrogen-bond acceptors (Lipinski definition) is 5. The summed E-state index contributed by atoms with van der Waals surface area (Å²) in [5.41, 5.74) is 0. The first-order valence-corrected chi connectivity index (χ1v) is 8.67. The Morgan fingerprint density at radius 1 is 1.14 bits per heavy atom. The van der Waals surface area contributed by atoms with Crippen molar-refractivity contribution in [1.29, 1.82) is 0 Å². The normalized spacial score (nSPS) is 37.4. The van der Waals surface area contributed by atoms with Crippen molar-refractivity contribution in [3.05, 3.63) is 0 Å². The van der Waals surface area contributed by atoms with Gasteiger partial charge in [0.1, 0.15) is 6.10 Å². The van der Waals surface area contributed by atoms with Gasteiger partial charge in [-0.25, -0.2) is 0 Å². The molecule has 0 aromatic rings. The lowest BCUT2D eigenvalue weighted by Crippen LogP contribution is -2.47. The third-order valence-corrected chi connectivity index (χ3v) is 5.73. The van der Waals surface area contributed by atoms with Crippen molar-refractivity contribution in [3.63, 3.8) is 0 Å². The van der Waals surface area contributed by atoms with Crippen LogP contribution in [0.2, 0.25) is 0 Å². The fourth-order valence-electron chi connectivity index (χ4n) is 3.84. The van der Waals surface area contributed by atoms with Crippen LogP contribution in [0.1, 0.15) is 52.4 Å². The Kier molecular flexibility index (Phi) is 4.30. The highest BCUT2D eigenvalue weighted by atomic mass is 32.2. The monoisotopic (exact) mass is 313 g/mol. The minimum atomic E-state index is -0.434. The van der Waals surface area contributed by atoms with E-state index in [-0.39, 0.29) is 34.5 Å². The molecule has 118 valence electrons. The highest BCUT2D eigenvalue weighted by Gasteiger charge is 2.57.